The molecule has 1 aliphatic carbocycles. The molecule has 0 aromatic carbocycles. The molecular weight excluding hydrogens is 242 g/mol. The Bertz CT molecular complexity index is 419. The van der Waals surface area contributed by atoms with E-state index in [1.807, 2.05) is 0 Å². The SMILES string of the molecule is COC(c1noc(C2(N)CCCC(C)C2)n1)C(C)C. The Morgan fingerprint density at radius 2 is 2.21 bits per heavy atom. The largest absolute Gasteiger partial charge is 0.373 e. The van der Waals surface area contributed by atoms with E-state index in [0.717, 1.165) is 19.3 Å². The van der Waals surface area contributed by atoms with Gasteiger partial charge in [0, 0.05) is 7.11 Å². The van der Waals surface area contributed by atoms with Gasteiger partial charge in [0.15, 0.2) is 0 Å². The third-order valence-electron chi connectivity index (χ3n) is 4.01. The van der Waals surface area contributed by atoms with Gasteiger partial charge in [0.1, 0.15) is 6.10 Å². The van der Waals surface area contributed by atoms with Crippen LogP contribution in [0.4, 0.5) is 0 Å². The summed E-state index contributed by atoms with van der Waals surface area (Å²) in [4.78, 5) is 4.50. The maximum absolute atomic E-state index is 6.46. The lowest BCUT2D eigenvalue weighted by Crippen LogP contribution is -2.41. The fourth-order valence-corrected chi connectivity index (χ4v) is 3.01. The van der Waals surface area contributed by atoms with Gasteiger partial charge in [-0.2, -0.15) is 4.98 Å². The molecule has 0 radical (unpaired) electrons. The van der Waals surface area contributed by atoms with E-state index in [1.165, 1.54) is 6.42 Å². The molecule has 3 unspecified atom stereocenters. The van der Waals surface area contributed by atoms with E-state index in [0.29, 0.717) is 23.6 Å². The van der Waals surface area contributed by atoms with Crippen LogP contribution >= 0.6 is 0 Å². The van der Waals surface area contributed by atoms with E-state index in [-0.39, 0.29) is 6.10 Å². The maximum Gasteiger partial charge on any atom is 0.246 e. The summed E-state index contributed by atoms with van der Waals surface area (Å²) >= 11 is 0. The van der Waals surface area contributed by atoms with Crippen molar-refractivity contribution >= 4 is 0 Å². The molecule has 1 heterocycles. The highest BCUT2D eigenvalue weighted by Gasteiger charge is 2.38. The number of nitrogens with zero attached hydrogens (tertiary/aromatic N) is 2. The highest BCUT2D eigenvalue weighted by molar-refractivity contribution is 5.06. The summed E-state index contributed by atoms with van der Waals surface area (Å²) in [5, 5.41) is 4.06. The molecule has 0 aliphatic heterocycles. The number of hydrogen-bond acceptors (Lipinski definition) is 5. The Balaban J connectivity index is 2.20. The zero-order valence-corrected chi connectivity index (χ0v) is 12.3. The molecule has 1 fully saturated rings. The lowest BCUT2D eigenvalue weighted by molar-refractivity contribution is 0.0555. The summed E-state index contributed by atoms with van der Waals surface area (Å²) in [6.07, 6.45) is 4.04. The number of rotatable bonds is 4. The second-order valence-corrected chi connectivity index (χ2v) is 6.22. The van der Waals surface area contributed by atoms with Crippen molar-refractivity contribution in [2.24, 2.45) is 17.6 Å². The number of methoxy groups -OCH3 is 1. The van der Waals surface area contributed by atoms with E-state index >= 15 is 0 Å². The highest BCUT2D eigenvalue weighted by Crippen LogP contribution is 2.37. The van der Waals surface area contributed by atoms with Crippen molar-refractivity contribution in [2.75, 3.05) is 7.11 Å². The first-order valence-electron chi connectivity index (χ1n) is 7.12. The van der Waals surface area contributed by atoms with Crippen LogP contribution in [0, 0.1) is 11.8 Å². The van der Waals surface area contributed by atoms with Crippen molar-refractivity contribution in [3.05, 3.63) is 11.7 Å². The minimum absolute atomic E-state index is 0.137. The zero-order chi connectivity index (χ0) is 14.0. The third kappa shape index (κ3) is 2.98. The molecule has 1 saturated carbocycles. The van der Waals surface area contributed by atoms with Gasteiger partial charge < -0.3 is 15.0 Å². The van der Waals surface area contributed by atoms with Crippen LogP contribution in [0.1, 0.15) is 64.3 Å². The number of ether oxygens (including phenoxy) is 1. The minimum Gasteiger partial charge on any atom is -0.373 e. The van der Waals surface area contributed by atoms with E-state index in [1.54, 1.807) is 7.11 Å². The number of hydrogen-bond donors (Lipinski definition) is 1. The van der Waals surface area contributed by atoms with Crippen molar-refractivity contribution in [2.45, 2.75) is 58.1 Å². The van der Waals surface area contributed by atoms with Crippen LogP contribution in [0.25, 0.3) is 0 Å². The zero-order valence-electron chi connectivity index (χ0n) is 12.3. The second kappa shape index (κ2) is 5.59. The lowest BCUT2D eigenvalue weighted by atomic mass is 9.77. The number of nitrogens with two attached hydrogens (primary N) is 1. The number of aromatic nitrogens is 2. The molecule has 0 saturated heterocycles. The fraction of sp³-hybridized carbons (Fsp3) is 0.857. The van der Waals surface area contributed by atoms with Crippen LogP contribution in [0.15, 0.2) is 4.52 Å². The molecule has 3 atom stereocenters. The first-order valence-corrected chi connectivity index (χ1v) is 7.12. The summed E-state index contributed by atoms with van der Waals surface area (Å²) in [6.45, 7) is 6.38. The van der Waals surface area contributed by atoms with Gasteiger partial charge in [-0.05, 0) is 24.7 Å². The Kier molecular flexibility index (Phi) is 4.26. The van der Waals surface area contributed by atoms with E-state index in [9.17, 15) is 0 Å². The second-order valence-electron chi connectivity index (χ2n) is 6.22. The van der Waals surface area contributed by atoms with Gasteiger partial charge in [-0.25, -0.2) is 0 Å². The molecule has 1 aliphatic rings. The Labute approximate surface area is 114 Å². The molecule has 19 heavy (non-hydrogen) atoms. The molecule has 1 aromatic heterocycles. The average Bonchev–Trinajstić information content (AvgIpc) is 2.79. The monoisotopic (exact) mass is 267 g/mol. The van der Waals surface area contributed by atoms with Crippen LogP contribution < -0.4 is 5.73 Å². The molecule has 0 spiro atoms. The topological polar surface area (TPSA) is 74.2 Å². The Hall–Kier alpha value is -0.940. The van der Waals surface area contributed by atoms with Crippen LogP contribution in [0.5, 0.6) is 0 Å². The van der Waals surface area contributed by atoms with Gasteiger partial charge in [-0.3, -0.25) is 0 Å². The predicted molar refractivity (Wildman–Crippen MR) is 72.4 cm³/mol. The van der Waals surface area contributed by atoms with Crippen LogP contribution in [-0.4, -0.2) is 17.3 Å². The van der Waals surface area contributed by atoms with Crippen molar-refractivity contribution in [3.8, 4) is 0 Å². The van der Waals surface area contributed by atoms with Crippen molar-refractivity contribution in [3.63, 3.8) is 0 Å². The highest BCUT2D eigenvalue weighted by atomic mass is 16.5. The molecular formula is C14H25N3O2. The van der Waals surface area contributed by atoms with Gasteiger partial charge in [0.2, 0.25) is 11.7 Å². The van der Waals surface area contributed by atoms with Gasteiger partial charge in [0.05, 0.1) is 5.54 Å². The molecule has 2 N–H and O–H groups in total. The Morgan fingerprint density at radius 3 is 2.79 bits per heavy atom. The van der Waals surface area contributed by atoms with Gasteiger partial charge in [-0.1, -0.05) is 38.8 Å². The lowest BCUT2D eigenvalue weighted by Gasteiger charge is -2.33. The Morgan fingerprint density at radius 1 is 1.47 bits per heavy atom. The summed E-state index contributed by atoms with van der Waals surface area (Å²) < 4.78 is 10.8. The maximum atomic E-state index is 6.46. The fourth-order valence-electron chi connectivity index (χ4n) is 3.01. The third-order valence-corrected chi connectivity index (χ3v) is 4.01. The van der Waals surface area contributed by atoms with Crippen LogP contribution in [0.2, 0.25) is 0 Å². The normalized spacial score (nSPS) is 29.7. The van der Waals surface area contributed by atoms with Gasteiger partial charge >= 0.3 is 0 Å². The van der Waals surface area contributed by atoms with E-state index < -0.39 is 5.54 Å². The predicted octanol–water partition coefficient (Wildman–Crippen LogP) is 2.78. The molecule has 0 amide bonds. The summed E-state index contributed by atoms with van der Waals surface area (Å²) in [5.41, 5.74) is 6.00. The molecule has 2 rings (SSSR count). The van der Waals surface area contributed by atoms with E-state index in [4.69, 9.17) is 15.0 Å². The van der Waals surface area contributed by atoms with Crippen LogP contribution in [0.3, 0.4) is 0 Å². The first-order chi connectivity index (χ1) is 8.96. The van der Waals surface area contributed by atoms with Gasteiger partial charge in [0.25, 0.3) is 0 Å². The van der Waals surface area contributed by atoms with E-state index in [2.05, 4.69) is 30.9 Å². The van der Waals surface area contributed by atoms with Crippen molar-refractivity contribution in [1.82, 2.24) is 10.1 Å². The molecule has 0 bridgehead atoms. The quantitative estimate of drug-likeness (QED) is 0.908. The molecule has 1 aromatic rings. The van der Waals surface area contributed by atoms with Gasteiger partial charge in [-0.15, -0.1) is 0 Å². The molecule has 5 heteroatoms. The average molecular weight is 267 g/mol. The standard InChI is InChI=1S/C14H25N3O2/c1-9(2)11(18-4)12-16-13(19-17-12)14(15)7-5-6-10(3)8-14/h9-11H,5-8,15H2,1-4H3. The van der Waals surface area contributed by atoms with Crippen molar-refractivity contribution < 1.29 is 9.26 Å². The van der Waals surface area contributed by atoms with Crippen LogP contribution in [-0.2, 0) is 10.3 Å². The smallest absolute Gasteiger partial charge is 0.246 e. The minimum atomic E-state index is -0.460. The first kappa shape index (κ1) is 14.5. The summed E-state index contributed by atoms with van der Waals surface area (Å²) in [7, 11) is 1.67. The molecule has 108 valence electrons. The summed E-state index contributed by atoms with van der Waals surface area (Å²) in [5.74, 6) is 2.08. The molecule has 5 nitrogen and oxygen atoms in total. The summed E-state index contributed by atoms with van der Waals surface area (Å²) in [6, 6.07) is 0. The van der Waals surface area contributed by atoms with Crippen molar-refractivity contribution in [1.29, 1.82) is 0 Å².